The number of fused-ring (bicyclic) bond motifs is 1. The SMILES string of the molecule is COCC(=O)N1CCC2(O)CCN(Cc3cnc(N(C)C)nc3)CC2C1. The van der Waals surface area contributed by atoms with Crippen LogP contribution in [-0.4, -0.2) is 90.4 Å². The van der Waals surface area contributed by atoms with Gasteiger partial charge in [0.2, 0.25) is 11.9 Å². The van der Waals surface area contributed by atoms with Gasteiger partial charge in [-0.3, -0.25) is 9.69 Å². The van der Waals surface area contributed by atoms with Crippen LogP contribution in [0.2, 0.25) is 0 Å². The summed E-state index contributed by atoms with van der Waals surface area (Å²) in [4.78, 5) is 26.9. The van der Waals surface area contributed by atoms with Crippen LogP contribution in [0.1, 0.15) is 18.4 Å². The first-order valence-electron chi connectivity index (χ1n) is 9.11. The predicted molar refractivity (Wildman–Crippen MR) is 97.8 cm³/mol. The third kappa shape index (κ3) is 4.13. The molecule has 2 unspecified atom stereocenters. The van der Waals surface area contributed by atoms with Crippen LogP contribution in [0, 0.1) is 5.92 Å². The van der Waals surface area contributed by atoms with Crippen LogP contribution in [0.15, 0.2) is 12.4 Å². The number of aliphatic hydroxyl groups is 1. The highest BCUT2D eigenvalue weighted by molar-refractivity contribution is 5.77. The van der Waals surface area contributed by atoms with Gasteiger partial charge < -0.3 is 19.6 Å². The minimum absolute atomic E-state index is 0.000604. The molecule has 2 aliphatic rings. The number of likely N-dealkylation sites (tertiary alicyclic amines) is 2. The van der Waals surface area contributed by atoms with E-state index in [1.165, 1.54) is 7.11 Å². The van der Waals surface area contributed by atoms with E-state index in [0.29, 0.717) is 25.5 Å². The van der Waals surface area contributed by atoms with Crippen molar-refractivity contribution in [3.63, 3.8) is 0 Å². The zero-order chi connectivity index (χ0) is 18.7. The van der Waals surface area contributed by atoms with E-state index in [0.717, 1.165) is 31.6 Å². The van der Waals surface area contributed by atoms with Crippen LogP contribution in [0.4, 0.5) is 5.95 Å². The normalized spacial score (nSPS) is 26.5. The van der Waals surface area contributed by atoms with Crippen LogP contribution < -0.4 is 4.90 Å². The Morgan fingerprint density at radius 1 is 1.31 bits per heavy atom. The second kappa shape index (κ2) is 7.85. The minimum atomic E-state index is -0.661. The van der Waals surface area contributed by atoms with E-state index in [4.69, 9.17) is 4.74 Å². The molecule has 26 heavy (non-hydrogen) atoms. The predicted octanol–water partition coefficient (Wildman–Crippen LogP) is -0.0257. The Labute approximate surface area is 154 Å². The zero-order valence-corrected chi connectivity index (χ0v) is 15.9. The molecule has 1 N–H and O–H groups in total. The van der Waals surface area contributed by atoms with Crippen molar-refractivity contribution in [1.82, 2.24) is 19.8 Å². The molecule has 1 aromatic heterocycles. The fourth-order valence-electron chi connectivity index (χ4n) is 3.88. The molecule has 0 spiro atoms. The molecule has 2 saturated heterocycles. The van der Waals surface area contributed by atoms with Gasteiger partial charge in [0, 0.05) is 77.8 Å². The summed E-state index contributed by atoms with van der Waals surface area (Å²) in [7, 11) is 5.37. The number of amides is 1. The number of hydrogen-bond acceptors (Lipinski definition) is 7. The van der Waals surface area contributed by atoms with Crippen molar-refractivity contribution in [2.24, 2.45) is 5.92 Å². The van der Waals surface area contributed by atoms with E-state index >= 15 is 0 Å². The van der Waals surface area contributed by atoms with Gasteiger partial charge in [-0.25, -0.2) is 9.97 Å². The largest absolute Gasteiger partial charge is 0.389 e. The Morgan fingerprint density at radius 3 is 2.65 bits per heavy atom. The molecule has 1 aromatic rings. The van der Waals surface area contributed by atoms with E-state index in [1.807, 2.05) is 36.3 Å². The summed E-state index contributed by atoms with van der Waals surface area (Å²) < 4.78 is 4.96. The van der Waals surface area contributed by atoms with Crippen molar-refractivity contribution in [2.45, 2.75) is 25.0 Å². The number of aromatic nitrogens is 2. The van der Waals surface area contributed by atoms with E-state index in [9.17, 15) is 9.90 Å². The van der Waals surface area contributed by atoms with Gasteiger partial charge in [-0.15, -0.1) is 0 Å². The van der Waals surface area contributed by atoms with Gasteiger partial charge in [-0.05, 0) is 12.8 Å². The summed E-state index contributed by atoms with van der Waals surface area (Å²) >= 11 is 0. The highest BCUT2D eigenvalue weighted by Crippen LogP contribution is 2.35. The number of methoxy groups -OCH3 is 1. The van der Waals surface area contributed by atoms with E-state index in [1.54, 1.807) is 0 Å². The monoisotopic (exact) mass is 363 g/mol. The number of piperidine rings is 2. The van der Waals surface area contributed by atoms with Crippen LogP contribution in [-0.2, 0) is 16.1 Å². The number of ether oxygens (including phenoxy) is 1. The highest BCUT2D eigenvalue weighted by Gasteiger charge is 2.45. The average Bonchev–Trinajstić information content (AvgIpc) is 2.62. The minimum Gasteiger partial charge on any atom is -0.389 e. The van der Waals surface area contributed by atoms with Crippen LogP contribution in [0.3, 0.4) is 0 Å². The van der Waals surface area contributed by atoms with Crippen molar-refractivity contribution >= 4 is 11.9 Å². The second-order valence-electron chi connectivity index (χ2n) is 7.59. The van der Waals surface area contributed by atoms with Gasteiger partial charge in [-0.1, -0.05) is 0 Å². The Balaban J connectivity index is 1.61. The quantitative estimate of drug-likeness (QED) is 0.787. The molecule has 2 aliphatic heterocycles. The lowest BCUT2D eigenvalue weighted by atomic mass is 9.75. The van der Waals surface area contributed by atoms with Crippen molar-refractivity contribution in [3.8, 4) is 0 Å². The summed E-state index contributed by atoms with van der Waals surface area (Å²) in [6.45, 7) is 3.66. The number of carbonyl (C=O) groups is 1. The first-order valence-corrected chi connectivity index (χ1v) is 9.11. The Morgan fingerprint density at radius 2 is 2.00 bits per heavy atom. The molecule has 0 bridgehead atoms. The summed E-state index contributed by atoms with van der Waals surface area (Å²) in [5.74, 6) is 0.758. The lowest BCUT2D eigenvalue weighted by Crippen LogP contribution is -2.60. The standard InChI is InChI=1S/C18H29N5O3/c1-21(2)17-19-8-14(9-20-17)10-22-6-4-18(25)5-7-23(12-15(18)11-22)16(24)13-26-3/h8-9,15,25H,4-7,10-13H2,1-3H3. The van der Waals surface area contributed by atoms with Gasteiger partial charge in [0.15, 0.2) is 0 Å². The van der Waals surface area contributed by atoms with E-state index in [2.05, 4.69) is 14.9 Å². The Bertz CT molecular complexity index is 624. The maximum atomic E-state index is 12.1. The summed E-state index contributed by atoms with van der Waals surface area (Å²) in [6, 6.07) is 0. The van der Waals surface area contributed by atoms with Crippen LogP contribution in [0.5, 0.6) is 0 Å². The first-order chi connectivity index (χ1) is 12.4. The zero-order valence-electron chi connectivity index (χ0n) is 15.9. The Kier molecular flexibility index (Phi) is 5.74. The fourth-order valence-corrected chi connectivity index (χ4v) is 3.88. The van der Waals surface area contributed by atoms with Crippen LogP contribution in [0.25, 0.3) is 0 Å². The third-order valence-electron chi connectivity index (χ3n) is 5.47. The number of anilines is 1. The number of rotatable bonds is 5. The Hall–Kier alpha value is -1.77. The molecule has 0 aliphatic carbocycles. The average molecular weight is 363 g/mol. The molecule has 8 nitrogen and oxygen atoms in total. The molecule has 8 heteroatoms. The molecule has 3 heterocycles. The molecule has 3 rings (SSSR count). The number of carbonyl (C=O) groups excluding carboxylic acids is 1. The molecule has 0 radical (unpaired) electrons. The third-order valence-corrected chi connectivity index (χ3v) is 5.47. The smallest absolute Gasteiger partial charge is 0.248 e. The molecule has 2 fully saturated rings. The lowest BCUT2D eigenvalue weighted by Gasteiger charge is -2.50. The summed E-state index contributed by atoms with van der Waals surface area (Å²) in [6.07, 6.45) is 5.10. The van der Waals surface area contributed by atoms with Gasteiger partial charge in [0.25, 0.3) is 0 Å². The number of hydrogen-bond donors (Lipinski definition) is 1. The van der Waals surface area contributed by atoms with Crippen LogP contribution >= 0.6 is 0 Å². The molecule has 144 valence electrons. The van der Waals surface area contributed by atoms with Crippen molar-refractivity contribution in [2.75, 3.05) is 58.9 Å². The van der Waals surface area contributed by atoms with Crippen molar-refractivity contribution < 1.29 is 14.6 Å². The maximum absolute atomic E-state index is 12.1. The van der Waals surface area contributed by atoms with Gasteiger partial charge in [-0.2, -0.15) is 0 Å². The van der Waals surface area contributed by atoms with Gasteiger partial charge in [0.1, 0.15) is 6.61 Å². The number of nitrogens with zero attached hydrogens (tertiary/aromatic N) is 5. The topological polar surface area (TPSA) is 82.0 Å². The summed E-state index contributed by atoms with van der Waals surface area (Å²) in [5, 5.41) is 11.0. The molecule has 1 amide bonds. The van der Waals surface area contributed by atoms with Crippen molar-refractivity contribution in [3.05, 3.63) is 18.0 Å². The van der Waals surface area contributed by atoms with E-state index in [-0.39, 0.29) is 18.4 Å². The molecule has 0 saturated carbocycles. The van der Waals surface area contributed by atoms with Gasteiger partial charge >= 0.3 is 0 Å². The summed E-state index contributed by atoms with van der Waals surface area (Å²) in [5.41, 5.74) is 0.398. The van der Waals surface area contributed by atoms with Gasteiger partial charge in [0.05, 0.1) is 5.60 Å². The van der Waals surface area contributed by atoms with E-state index < -0.39 is 5.60 Å². The molecule has 0 aromatic carbocycles. The second-order valence-corrected chi connectivity index (χ2v) is 7.59. The highest BCUT2D eigenvalue weighted by atomic mass is 16.5. The maximum Gasteiger partial charge on any atom is 0.248 e. The lowest BCUT2D eigenvalue weighted by molar-refractivity contribution is -0.150. The fraction of sp³-hybridized carbons (Fsp3) is 0.722. The molecular formula is C18H29N5O3. The molecular weight excluding hydrogens is 334 g/mol. The molecule has 2 atom stereocenters. The van der Waals surface area contributed by atoms with Crippen molar-refractivity contribution in [1.29, 1.82) is 0 Å². The first kappa shape index (κ1) is 19.0.